The lowest BCUT2D eigenvalue weighted by atomic mass is 10.1. The van der Waals surface area contributed by atoms with Crippen molar-refractivity contribution in [2.24, 2.45) is 0 Å². The van der Waals surface area contributed by atoms with Crippen LogP contribution in [0.2, 0.25) is 0 Å². The molecule has 0 aromatic heterocycles. The minimum Gasteiger partial charge on any atom is -0.410 e. The molecule has 1 aromatic carbocycles. The zero-order chi connectivity index (χ0) is 14.8. The van der Waals surface area contributed by atoms with E-state index in [4.69, 9.17) is 9.47 Å². The van der Waals surface area contributed by atoms with E-state index in [1.807, 2.05) is 24.3 Å². The molecule has 5 heteroatoms. The fourth-order valence-electron chi connectivity index (χ4n) is 3.19. The van der Waals surface area contributed by atoms with E-state index in [0.717, 1.165) is 24.8 Å². The van der Waals surface area contributed by atoms with E-state index in [9.17, 15) is 9.90 Å². The van der Waals surface area contributed by atoms with Crippen molar-refractivity contribution in [1.82, 2.24) is 4.90 Å². The summed E-state index contributed by atoms with van der Waals surface area (Å²) in [5, 5.41) is 9.95. The fourth-order valence-corrected chi connectivity index (χ4v) is 3.19. The topological polar surface area (TPSA) is 59.0 Å². The average Bonchev–Trinajstić information content (AvgIpc) is 3.05. The molecule has 2 saturated heterocycles. The number of hydrogen-bond acceptors (Lipinski definition) is 4. The van der Waals surface area contributed by atoms with Gasteiger partial charge in [0.1, 0.15) is 11.9 Å². The molecule has 2 heterocycles. The van der Waals surface area contributed by atoms with E-state index in [0.29, 0.717) is 18.9 Å². The molecule has 0 aliphatic carbocycles. The number of likely N-dealkylation sites (tertiary alicyclic amines) is 1. The van der Waals surface area contributed by atoms with Crippen LogP contribution in [-0.4, -0.2) is 47.5 Å². The minimum absolute atomic E-state index is 0.0570. The predicted octanol–water partition coefficient (Wildman–Crippen LogP) is 1.97. The van der Waals surface area contributed by atoms with Gasteiger partial charge in [-0.1, -0.05) is 31.5 Å². The van der Waals surface area contributed by atoms with Crippen LogP contribution in [0.15, 0.2) is 24.3 Å². The molecule has 1 N–H and O–H groups in total. The van der Waals surface area contributed by atoms with Gasteiger partial charge in [-0.3, -0.25) is 4.90 Å². The third kappa shape index (κ3) is 2.76. The Balaban J connectivity index is 1.72. The summed E-state index contributed by atoms with van der Waals surface area (Å²) in [6.07, 6.45) is 1.56. The first-order valence-corrected chi connectivity index (χ1v) is 7.56. The lowest BCUT2D eigenvalue weighted by Crippen LogP contribution is -2.45. The van der Waals surface area contributed by atoms with Crippen molar-refractivity contribution in [2.75, 3.05) is 13.2 Å². The molecule has 1 amide bonds. The Hall–Kier alpha value is -1.59. The van der Waals surface area contributed by atoms with Gasteiger partial charge in [0.25, 0.3) is 0 Å². The van der Waals surface area contributed by atoms with Gasteiger partial charge in [0.2, 0.25) is 0 Å². The van der Waals surface area contributed by atoms with E-state index >= 15 is 0 Å². The normalized spacial score (nSPS) is 27.7. The van der Waals surface area contributed by atoms with Crippen molar-refractivity contribution < 1.29 is 19.4 Å². The lowest BCUT2D eigenvalue weighted by Gasteiger charge is -2.24. The Morgan fingerprint density at radius 3 is 3.10 bits per heavy atom. The number of fused-ring (bicyclic) bond motifs is 1. The SMILES string of the molecule is CCCc1ccccc1OC(=O)N1CCC2OCC(O)C21. The van der Waals surface area contributed by atoms with Crippen LogP contribution >= 0.6 is 0 Å². The molecule has 1 aromatic rings. The first-order valence-electron chi connectivity index (χ1n) is 7.56. The maximum Gasteiger partial charge on any atom is 0.415 e. The van der Waals surface area contributed by atoms with Gasteiger partial charge in [-0.2, -0.15) is 0 Å². The van der Waals surface area contributed by atoms with Gasteiger partial charge in [0.15, 0.2) is 0 Å². The Morgan fingerprint density at radius 2 is 2.29 bits per heavy atom. The second-order valence-electron chi connectivity index (χ2n) is 5.64. The molecule has 2 aliphatic heterocycles. The second kappa shape index (κ2) is 6.03. The number of aryl methyl sites for hydroxylation is 1. The third-order valence-electron chi connectivity index (χ3n) is 4.19. The molecule has 114 valence electrons. The number of aliphatic hydroxyl groups excluding tert-OH is 1. The number of ether oxygens (including phenoxy) is 2. The van der Waals surface area contributed by atoms with Gasteiger partial charge < -0.3 is 14.6 Å². The van der Waals surface area contributed by atoms with Crippen LogP contribution in [-0.2, 0) is 11.2 Å². The summed E-state index contributed by atoms with van der Waals surface area (Å²) >= 11 is 0. The molecule has 0 spiro atoms. The summed E-state index contributed by atoms with van der Waals surface area (Å²) in [6, 6.07) is 7.34. The molecular formula is C16H21NO4. The molecule has 0 radical (unpaired) electrons. The zero-order valence-corrected chi connectivity index (χ0v) is 12.2. The van der Waals surface area contributed by atoms with E-state index in [-0.39, 0.29) is 12.1 Å². The maximum absolute atomic E-state index is 12.4. The highest BCUT2D eigenvalue weighted by Crippen LogP contribution is 2.30. The Morgan fingerprint density at radius 1 is 1.48 bits per heavy atom. The smallest absolute Gasteiger partial charge is 0.410 e. The predicted molar refractivity (Wildman–Crippen MR) is 77.3 cm³/mol. The molecule has 0 saturated carbocycles. The Bertz CT molecular complexity index is 519. The summed E-state index contributed by atoms with van der Waals surface area (Å²) in [4.78, 5) is 14.0. The van der Waals surface area contributed by atoms with Gasteiger partial charge in [-0.25, -0.2) is 4.79 Å². The number of para-hydroxylation sites is 1. The molecule has 2 fully saturated rings. The number of benzene rings is 1. The highest BCUT2D eigenvalue weighted by atomic mass is 16.6. The van der Waals surface area contributed by atoms with Crippen molar-refractivity contribution in [1.29, 1.82) is 0 Å². The summed E-state index contributed by atoms with van der Waals surface area (Å²) in [5.41, 5.74) is 1.03. The summed E-state index contributed by atoms with van der Waals surface area (Å²) in [6.45, 7) is 2.96. The number of carbonyl (C=O) groups is 1. The number of aliphatic hydroxyl groups is 1. The van der Waals surface area contributed by atoms with Gasteiger partial charge >= 0.3 is 6.09 Å². The van der Waals surface area contributed by atoms with E-state index in [1.54, 1.807) is 4.90 Å². The van der Waals surface area contributed by atoms with Crippen LogP contribution in [0.5, 0.6) is 5.75 Å². The fraction of sp³-hybridized carbons (Fsp3) is 0.562. The molecule has 0 bridgehead atoms. The average molecular weight is 291 g/mol. The Labute approximate surface area is 124 Å². The first-order chi connectivity index (χ1) is 10.2. The number of rotatable bonds is 3. The van der Waals surface area contributed by atoms with Crippen molar-refractivity contribution in [2.45, 2.75) is 44.4 Å². The van der Waals surface area contributed by atoms with Gasteiger partial charge in [0.05, 0.1) is 18.8 Å². The van der Waals surface area contributed by atoms with Crippen molar-refractivity contribution in [3.05, 3.63) is 29.8 Å². The number of nitrogens with zero attached hydrogens (tertiary/aromatic N) is 1. The van der Waals surface area contributed by atoms with Crippen molar-refractivity contribution in [3.8, 4) is 5.75 Å². The second-order valence-corrected chi connectivity index (χ2v) is 5.64. The van der Waals surface area contributed by atoms with E-state index in [1.165, 1.54) is 0 Å². The van der Waals surface area contributed by atoms with Crippen LogP contribution in [0.4, 0.5) is 4.79 Å². The van der Waals surface area contributed by atoms with Gasteiger partial charge in [-0.05, 0) is 24.5 Å². The summed E-state index contributed by atoms with van der Waals surface area (Å²) < 4.78 is 11.0. The lowest BCUT2D eigenvalue weighted by molar-refractivity contribution is 0.0799. The monoisotopic (exact) mass is 291 g/mol. The van der Waals surface area contributed by atoms with Gasteiger partial charge in [-0.15, -0.1) is 0 Å². The molecular weight excluding hydrogens is 270 g/mol. The van der Waals surface area contributed by atoms with Crippen LogP contribution in [0.1, 0.15) is 25.3 Å². The van der Waals surface area contributed by atoms with Crippen molar-refractivity contribution in [3.63, 3.8) is 0 Å². The highest BCUT2D eigenvalue weighted by Gasteiger charge is 2.47. The minimum atomic E-state index is -0.615. The largest absolute Gasteiger partial charge is 0.415 e. The number of hydrogen-bond donors (Lipinski definition) is 1. The van der Waals surface area contributed by atoms with E-state index in [2.05, 4.69) is 6.92 Å². The molecule has 3 rings (SSSR count). The van der Waals surface area contributed by atoms with Crippen LogP contribution in [0.3, 0.4) is 0 Å². The molecule has 21 heavy (non-hydrogen) atoms. The third-order valence-corrected chi connectivity index (χ3v) is 4.19. The Kier molecular flexibility index (Phi) is 4.12. The number of amides is 1. The molecule has 2 aliphatic rings. The van der Waals surface area contributed by atoms with Crippen LogP contribution in [0.25, 0.3) is 0 Å². The van der Waals surface area contributed by atoms with Crippen molar-refractivity contribution >= 4 is 6.09 Å². The first kappa shape index (κ1) is 14.4. The molecule has 3 unspecified atom stereocenters. The highest BCUT2D eigenvalue weighted by molar-refractivity contribution is 5.72. The molecule has 3 atom stereocenters. The quantitative estimate of drug-likeness (QED) is 0.925. The maximum atomic E-state index is 12.4. The zero-order valence-electron chi connectivity index (χ0n) is 12.2. The van der Waals surface area contributed by atoms with Crippen LogP contribution in [0, 0.1) is 0 Å². The standard InChI is InChI=1S/C16H21NO4/c1-2-5-11-6-3-4-7-13(11)21-16(19)17-9-8-14-15(17)12(18)10-20-14/h3-4,6-7,12,14-15,18H,2,5,8-10H2,1H3. The number of carbonyl (C=O) groups excluding carboxylic acids is 1. The molecule has 5 nitrogen and oxygen atoms in total. The van der Waals surface area contributed by atoms with Gasteiger partial charge in [0, 0.05) is 6.54 Å². The summed E-state index contributed by atoms with van der Waals surface area (Å²) in [5.74, 6) is 0.612. The summed E-state index contributed by atoms with van der Waals surface area (Å²) in [7, 11) is 0. The van der Waals surface area contributed by atoms with Crippen LogP contribution < -0.4 is 4.74 Å². The van der Waals surface area contributed by atoms with E-state index < -0.39 is 12.2 Å².